The number of carbonyl (C=O) groups excluding carboxylic acids is 9. The van der Waals surface area contributed by atoms with E-state index >= 15 is 0 Å². The van der Waals surface area contributed by atoms with Crippen molar-refractivity contribution in [2.45, 2.75) is 140 Å². The third-order valence-electron chi connectivity index (χ3n) is 14.6. The minimum Gasteiger partial charge on any atom is -0.465 e. The number of fused-ring (bicyclic) bond motifs is 1. The zero-order chi connectivity index (χ0) is 63.9. The molecule has 3 aliphatic rings. The molecule has 1 aliphatic heterocycles. The number of hydrogen-bond acceptors (Lipinski definition) is 23. The summed E-state index contributed by atoms with van der Waals surface area (Å²) in [4.78, 5) is 113. The van der Waals surface area contributed by atoms with Crippen LogP contribution in [0.4, 0.5) is 0 Å². The molecule has 0 saturated heterocycles. The molecule has 2 saturated carbocycles. The molecule has 0 aromatic heterocycles. The second kappa shape index (κ2) is 34.0. The zero-order valence-corrected chi connectivity index (χ0v) is 51.2. The fraction of sp³-hybridized carbons (Fsp3) is 0.431. The maximum atomic E-state index is 14.0. The van der Waals surface area contributed by atoms with Crippen molar-refractivity contribution >= 4 is 77.2 Å². The average molecular weight is 1250 g/mol. The summed E-state index contributed by atoms with van der Waals surface area (Å²) in [5.74, 6) is -4.52. The predicted molar refractivity (Wildman–Crippen MR) is 318 cm³/mol. The number of esters is 9. The van der Waals surface area contributed by atoms with Gasteiger partial charge in [-0.3, -0.25) is 33.6 Å². The van der Waals surface area contributed by atoms with E-state index in [0.717, 1.165) is 35.0 Å². The summed E-state index contributed by atoms with van der Waals surface area (Å²) < 4.78 is 55.1. The van der Waals surface area contributed by atoms with Crippen LogP contribution in [0, 0.1) is 60.2 Å². The molecule has 466 valence electrons. The van der Waals surface area contributed by atoms with E-state index < -0.39 is 71.8 Å². The fourth-order valence-electron chi connectivity index (χ4n) is 9.45. The second-order valence-electron chi connectivity index (χ2n) is 21.1. The summed E-state index contributed by atoms with van der Waals surface area (Å²) >= 11 is 2.33. The number of nitrogens with zero attached hydrogens (tertiary/aromatic N) is 2. The highest BCUT2D eigenvalue weighted by Gasteiger charge is 2.38. The van der Waals surface area contributed by atoms with Gasteiger partial charge in [-0.2, -0.15) is 10.5 Å². The monoisotopic (exact) mass is 1250 g/mol. The van der Waals surface area contributed by atoms with Gasteiger partial charge >= 0.3 is 53.7 Å². The Bertz CT molecular complexity index is 3020. The molecule has 21 nitrogen and oxygen atoms in total. The largest absolute Gasteiger partial charge is 0.465 e. The molecular weight excluding hydrogens is 1180 g/mol. The summed E-state index contributed by atoms with van der Waals surface area (Å²) in [6, 6.07) is 17.6. The molecule has 3 aromatic rings. The highest BCUT2D eigenvalue weighted by molar-refractivity contribution is 8.24. The fourth-order valence-corrected chi connectivity index (χ4v) is 12.1. The molecule has 2 atom stereocenters. The van der Waals surface area contributed by atoms with Crippen molar-refractivity contribution in [3.05, 3.63) is 118 Å². The van der Waals surface area contributed by atoms with Crippen LogP contribution < -0.4 is 18.9 Å². The quantitative estimate of drug-likeness (QED) is 0.0156. The van der Waals surface area contributed by atoms with Crippen molar-refractivity contribution in [3.63, 3.8) is 0 Å². The molecule has 0 spiro atoms. The van der Waals surface area contributed by atoms with Crippen molar-refractivity contribution in [1.29, 1.82) is 10.5 Å². The van der Waals surface area contributed by atoms with Gasteiger partial charge in [0.15, 0.2) is 0 Å². The van der Waals surface area contributed by atoms with E-state index in [-0.39, 0.29) is 75.5 Å². The Morgan fingerprint density at radius 3 is 1.23 bits per heavy atom. The minimum absolute atomic E-state index is 0.0564. The van der Waals surface area contributed by atoms with Crippen LogP contribution in [0.3, 0.4) is 0 Å². The predicted octanol–water partition coefficient (Wildman–Crippen LogP) is 10.4. The second-order valence-corrected chi connectivity index (χ2v) is 23.4. The highest BCUT2D eigenvalue weighted by atomic mass is 32.2. The maximum absolute atomic E-state index is 14.0. The van der Waals surface area contributed by atoms with Gasteiger partial charge in [-0.15, -0.1) is 0 Å². The van der Waals surface area contributed by atoms with Crippen LogP contribution in [0.2, 0.25) is 0 Å². The SMILES string of the molecule is C=CC(=O)OC(C)COC(=O)CCC(=O)OCCc1ccc(OC(=O)[C@H]2CC[C@H](C(=C)Oc3c(C)c(C)c(OC(=O)[C@H]4CC[C@H](C(=O)Oc5ccc(CCOC(=O)CCC(=O)OCC(C)OC(=O)C=C)cc5)CC4)c4c3SC(=C(C#N)C#N)S4)CC2)cc1. The van der Waals surface area contributed by atoms with Gasteiger partial charge in [0.25, 0.3) is 0 Å². The van der Waals surface area contributed by atoms with E-state index in [1.54, 1.807) is 69.3 Å². The van der Waals surface area contributed by atoms with Crippen LogP contribution in [-0.2, 0) is 84.4 Å². The number of hydrogen-bond donors (Lipinski definition) is 0. The number of rotatable bonds is 29. The van der Waals surface area contributed by atoms with Gasteiger partial charge in [-0.05, 0) is 126 Å². The van der Waals surface area contributed by atoms with E-state index in [4.69, 9.17) is 47.4 Å². The van der Waals surface area contributed by atoms with Crippen molar-refractivity contribution in [2.24, 2.45) is 23.7 Å². The summed E-state index contributed by atoms with van der Waals surface area (Å²) in [7, 11) is 0. The highest BCUT2D eigenvalue weighted by Crippen LogP contribution is 2.61. The van der Waals surface area contributed by atoms with Gasteiger partial charge in [-0.1, -0.05) is 67.5 Å². The molecule has 88 heavy (non-hydrogen) atoms. The molecule has 0 amide bonds. The van der Waals surface area contributed by atoms with E-state index in [1.165, 1.54) is 11.8 Å². The van der Waals surface area contributed by atoms with E-state index in [9.17, 15) is 53.7 Å². The maximum Gasteiger partial charge on any atom is 0.330 e. The topological polar surface area (TPSA) is 294 Å². The lowest BCUT2D eigenvalue weighted by atomic mass is 9.81. The smallest absolute Gasteiger partial charge is 0.330 e. The Labute approximate surface area is 519 Å². The Morgan fingerprint density at radius 2 is 0.864 bits per heavy atom. The van der Waals surface area contributed by atoms with Crippen molar-refractivity contribution in [3.8, 4) is 35.1 Å². The lowest BCUT2D eigenvalue weighted by Crippen LogP contribution is -2.30. The molecule has 1 heterocycles. The molecule has 0 radical (unpaired) electrons. The number of nitriles is 2. The van der Waals surface area contributed by atoms with Gasteiger partial charge in [0.1, 0.15) is 71.9 Å². The van der Waals surface area contributed by atoms with Crippen LogP contribution in [0.5, 0.6) is 23.0 Å². The molecule has 0 bridgehead atoms. The third kappa shape index (κ3) is 20.8. The van der Waals surface area contributed by atoms with Crippen LogP contribution >= 0.6 is 23.5 Å². The van der Waals surface area contributed by atoms with Crippen LogP contribution in [0.15, 0.2) is 106 Å². The zero-order valence-electron chi connectivity index (χ0n) is 49.6. The third-order valence-corrected chi connectivity index (χ3v) is 17.2. The average Bonchev–Trinajstić information content (AvgIpc) is 2.22. The molecule has 0 N–H and O–H groups in total. The summed E-state index contributed by atoms with van der Waals surface area (Å²) in [6.45, 7) is 17.5. The molecule has 6 rings (SSSR count). The first-order chi connectivity index (χ1) is 42.2. The molecule has 3 aromatic carbocycles. The normalized spacial score (nSPS) is 17.3. The van der Waals surface area contributed by atoms with Gasteiger partial charge in [0.2, 0.25) is 0 Å². The summed E-state index contributed by atoms with van der Waals surface area (Å²) in [5.41, 5.74) is 2.82. The lowest BCUT2D eigenvalue weighted by Gasteiger charge is -2.29. The minimum atomic E-state index is -0.671. The molecule has 2 aliphatic carbocycles. The first-order valence-electron chi connectivity index (χ1n) is 28.7. The first-order valence-corrected chi connectivity index (χ1v) is 30.4. The number of ether oxygens (including phenoxy) is 10. The molecule has 2 unspecified atom stereocenters. The molecule has 23 heteroatoms. The Balaban J connectivity index is 0.931. The molecule has 2 fully saturated rings. The van der Waals surface area contributed by atoms with Crippen LogP contribution in [-0.4, -0.2) is 92.4 Å². The first kappa shape index (κ1) is 68.4. The Hall–Kier alpha value is -8.67. The van der Waals surface area contributed by atoms with Crippen molar-refractivity contribution in [2.75, 3.05) is 26.4 Å². The van der Waals surface area contributed by atoms with Crippen molar-refractivity contribution < 1.29 is 90.5 Å². The van der Waals surface area contributed by atoms with Crippen LogP contribution in [0.1, 0.15) is 113 Å². The summed E-state index contributed by atoms with van der Waals surface area (Å²) in [5, 5.41) is 19.7. The van der Waals surface area contributed by atoms with Gasteiger partial charge < -0.3 is 47.4 Å². The summed E-state index contributed by atoms with van der Waals surface area (Å²) in [6.07, 6.45) is 4.37. The van der Waals surface area contributed by atoms with Gasteiger partial charge in [0.05, 0.1) is 70.7 Å². The van der Waals surface area contributed by atoms with Crippen molar-refractivity contribution in [1.82, 2.24) is 0 Å². The Morgan fingerprint density at radius 1 is 0.523 bits per heavy atom. The molecular formula is C65H70N2O19S2. The number of benzene rings is 3. The van der Waals surface area contributed by atoms with E-state index in [0.29, 0.717) is 118 Å². The Kier molecular flexibility index (Phi) is 26.5. The number of thioether (sulfide) groups is 2. The van der Waals surface area contributed by atoms with E-state index in [1.807, 2.05) is 19.1 Å². The van der Waals surface area contributed by atoms with E-state index in [2.05, 4.69) is 19.7 Å². The lowest BCUT2D eigenvalue weighted by molar-refractivity contribution is -0.156. The number of allylic oxidation sites excluding steroid dienone is 2. The van der Waals surface area contributed by atoms with Gasteiger partial charge in [-0.25, -0.2) is 9.59 Å². The standard InChI is InChI=1S/C65H70N2O19S2/c1-8-52(68)81-38(3)36-79-56(72)28-26-54(70)77-32-30-43-10-22-50(23-11-43)84-62(74)46-16-14-45(15-17-46)42(7)83-58-40(5)41(6)59(61-60(58)87-65(88-61)49(34-66)35-67)86-64(76)48-20-18-47(19-21-48)63(75)85-51-24-12-44(13-25-51)31-33-78-55(71)27-29-57(73)80-37-39(4)82-53(69)9-2/h8-13,22-25,38-39,45-48H,1-2,7,14-21,26-33,36-37H2,3-6H3/t38?,39?,45-,46-,47-,48-. The van der Waals surface area contributed by atoms with Crippen LogP contribution in [0.25, 0.3) is 0 Å². The van der Waals surface area contributed by atoms with Gasteiger partial charge in [0, 0.05) is 30.9 Å². The number of carbonyl (C=O) groups is 9.